The Hall–Kier alpha value is -3.53. The Bertz CT molecular complexity index is 1730. The van der Waals surface area contributed by atoms with Gasteiger partial charge in [0.25, 0.3) is 5.56 Å². The molecule has 43 heavy (non-hydrogen) atoms. The van der Waals surface area contributed by atoms with Crippen LogP contribution in [0.25, 0.3) is 11.1 Å². The normalized spacial score (nSPS) is 18.5. The maximum atomic E-state index is 15.3. The van der Waals surface area contributed by atoms with Crippen molar-refractivity contribution >= 4 is 28.5 Å². The van der Waals surface area contributed by atoms with Gasteiger partial charge < -0.3 is 19.9 Å². The second-order valence-corrected chi connectivity index (χ2v) is 13.4. The van der Waals surface area contributed by atoms with Gasteiger partial charge in [-0.2, -0.15) is 0 Å². The minimum atomic E-state index is -0.365. The minimum absolute atomic E-state index is 0.211. The van der Waals surface area contributed by atoms with Crippen LogP contribution >= 0.6 is 11.3 Å². The Morgan fingerprint density at radius 3 is 2.65 bits per heavy atom. The first-order chi connectivity index (χ1) is 20.9. The zero-order valence-corrected chi connectivity index (χ0v) is 25.6. The molecule has 7 rings (SSSR count). The molecule has 0 amide bonds. The van der Waals surface area contributed by atoms with Crippen LogP contribution in [0.5, 0.6) is 0 Å². The molecule has 1 atom stereocenters. The average molecular weight is 600 g/mol. The molecule has 1 aliphatic carbocycles. The van der Waals surface area contributed by atoms with Crippen LogP contribution in [0.4, 0.5) is 21.6 Å². The van der Waals surface area contributed by atoms with Crippen LogP contribution in [0, 0.1) is 5.82 Å². The van der Waals surface area contributed by atoms with Crippen molar-refractivity contribution in [1.29, 1.82) is 0 Å². The number of fused-ring (bicyclic) bond motifs is 3. The molecule has 9 heteroatoms. The van der Waals surface area contributed by atoms with Crippen molar-refractivity contribution in [2.75, 3.05) is 30.4 Å². The highest BCUT2D eigenvalue weighted by Crippen LogP contribution is 2.41. The Balaban J connectivity index is 1.20. The number of anilines is 3. The van der Waals surface area contributed by atoms with Crippen LogP contribution in [-0.2, 0) is 39.5 Å². The molecule has 1 aromatic carbocycles. The summed E-state index contributed by atoms with van der Waals surface area (Å²) in [6.07, 6.45) is 11.7. The van der Waals surface area contributed by atoms with Crippen LogP contribution < -0.4 is 15.8 Å². The van der Waals surface area contributed by atoms with Gasteiger partial charge in [-0.3, -0.25) is 9.69 Å². The topological polar surface area (TPSA) is 73.6 Å². The standard InChI is InChI=1S/C34H38FN5O2S/c1-38-12-5-7-29(38)21-9-10-33(36-17-21)37-28-14-22(18-39(2)34(28)42)26-15-23(35)16-30(27(26)20-41)40-13-11-25-24-6-3-4-8-31(24)43-32(25)19-40/h9-10,14-18,29,41H,3-8,11-13,19-20H2,1-2H3,(H,36,37)/t29-/m0/s1. The molecule has 0 bridgehead atoms. The third-order valence-corrected chi connectivity index (χ3v) is 10.8. The summed E-state index contributed by atoms with van der Waals surface area (Å²) in [6, 6.07) is 9.08. The second kappa shape index (κ2) is 11.5. The summed E-state index contributed by atoms with van der Waals surface area (Å²) in [4.78, 5) is 25.2. The predicted molar refractivity (Wildman–Crippen MR) is 171 cm³/mol. The number of thiophene rings is 1. The largest absolute Gasteiger partial charge is 0.392 e. The smallest absolute Gasteiger partial charge is 0.274 e. The van der Waals surface area contributed by atoms with E-state index in [0.29, 0.717) is 39.9 Å². The van der Waals surface area contributed by atoms with Crippen LogP contribution in [0.2, 0.25) is 0 Å². The van der Waals surface area contributed by atoms with E-state index in [9.17, 15) is 9.90 Å². The lowest BCUT2D eigenvalue weighted by Gasteiger charge is -2.32. The lowest BCUT2D eigenvalue weighted by Crippen LogP contribution is -2.31. The number of rotatable bonds is 6. The zero-order chi connectivity index (χ0) is 29.7. The Morgan fingerprint density at radius 1 is 1.05 bits per heavy atom. The number of aromatic nitrogens is 2. The van der Waals surface area contributed by atoms with Crippen molar-refractivity contribution in [1.82, 2.24) is 14.5 Å². The SMILES string of the molecule is CN1CCC[C@H]1c1ccc(Nc2cc(-c3cc(F)cc(N4CCc5c(sc6c5CCCC6)C4)c3CO)cn(C)c2=O)nc1. The van der Waals surface area contributed by atoms with E-state index in [1.54, 1.807) is 30.9 Å². The molecule has 2 aliphatic heterocycles. The first kappa shape index (κ1) is 28.3. The van der Waals surface area contributed by atoms with Gasteiger partial charge in [0.15, 0.2) is 0 Å². The maximum Gasteiger partial charge on any atom is 0.274 e. The molecule has 3 aliphatic rings. The minimum Gasteiger partial charge on any atom is -0.392 e. The highest BCUT2D eigenvalue weighted by molar-refractivity contribution is 7.12. The molecular formula is C34H38FN5O2S. The Morgan fingerprint density at radius 2 is 1.88 bits per heavy atom. The molecule has 7 nitrogen and oxygen atoms in total. The van der Waals surface area contributed by atoms with Crippen molar-refractivity contribution in [2.24, 2.45) is 7.05 Å². The lowest BCUT2D eigenvalue weighted by molar-refractivity contribution is 0.282. The molecular weight excluding hydrogens is 561 g/mol. The van der Waals surface area contributed by atoms with E-state index < -0.39 is 0 Å². The number of aliphatic hydroxyl groups is 1. The maximum absolute atomic E-state index is 15.3. The van der Waals surface area contributed by atoms with Gasteiger partial charge in [-0.05, 0) is 105 Å². The Labute approximate surface area is 255 Å². The van der Waals surface area contributed by atoms with E-state index in [2.05, 4.69) is 33.2 Å². The van der Waals surface area contributed by atoms with Crippen LogP contribution in [0.3, 0.4) is 0 Å². The third kappa shape index (κ3) is 5.28. The molecule has 0 radical (unpaired) electrons. The fourth-order valence-electron chi connectivity index (χ4n) is 7.23. The molecule has 0 spiro atoms. The number of pyridine rings is 2. The monoisotopic (exact) mass is 599 g/mol. The number of hydrogen-bond acceptors (Lipinski definition) is 7. The molecule has 1 fully saturated rings. The molecule has 1 saturated heterocycles. The molecule has 4 aromatic rings. The third-order valence-electron chi connectivity index (χ3n) is 9.47. The van der Waals surface area contributed by atoms with Crippen LogP contribution in [0.15, 0.2) is 47.5 Å². The Kier molecular flexibility index (Phi) is 7.57. The lowest BCUT2D eigenvalue weighted by atomic mass is 9.91. The quantitative estimate of drug-likeness (QED) is 0.279. The first-order valence-electron chi connectivity index (χ1n) is 15.3. The molecule has 0 unspecified atom stereocenters. The molecule has 224 valence electrons. The van der Waals surface area contributed by atoms with Crippen molar-refractivity contribution in [2.45, 2.75) is 64.1 Å². The number of halogens is 1. The molecule has 5 heterocycles. The number of aryl methyl sites for hydroxylation is 2. The summed E-state index contributed by atoms with van der Waals surface area (Å²) < 4.78 is 16.8. The van der Waals surface area contributed by atoms with Crippen molar-refractivity contribution in [3.63, 3.8) is 0 Å². The van der Waals surface area contributed by atoms with E-state index >= 15 is 4.39 Å². The average Bonchev–Trinajstić information content (AvgIpc) is 3.62. The predicted octanol–water partition coefficient (Wildman–Crippen LogP) is 6.09. The summed E-state index contributed by atoms with van der Waals surface area (Å²) in [5, 5.41) is 13.8. The van der Waals surface area contributed by atoms with E-state index in [4.69, 9.17) is 0 Å². The van der Waals surface area contributed by atoms with Gasteiger partial charge in [0, 0.05) is 58.6 Å². The van der Waals surface area contributed by atoms with Crippen LogP contribution in [-0.4, -0.2) is 39.7 Å². The van der Waals surface area contributed by atoms with Gasteiger partial charge in [0.2, 0.25) is 0 Å². The van der Waals surface area contributed by atoms with Gasteiger partial charge in [0.05, 0.1) is 13.2 Å². The number of nitrogens with one attached hydrogen (secondary N) is 1. The zero-order valence-electron chi connectivity index (χ0n) is 24.8. The number of nitrogens with zero attached hydrogens (tertiary/aromatic N) is 4. The summed E-state index contributed by atoms with van der Waals surface area (Å²) >= 11 is 1.92. The number of benzene rings is 1. The van der Waals surface area contributed by atoms with Crippen LogP contribution in [0.1, 0.15) is 63.7 Å². The first-order valence-corrected chi connectivity index (χ1v) is 16.2. The van der Waals surface area contributed by atoms with E-state index in [1.165, 1.54) is 63.6 Å². The van der Waals surface area contributed by atoms with Crippen molar-refractivity contribution in [3.05, 3.63) is 90.9 Å². The number of likely N-dealkylation sites (tertiary alicyclic amines) is 1. The number of hydrogen-bond donors (Lipinski definition) is 2. The van der Waals surface area contributed by atoms with Gasteiger partial charge in [-0.25, -0.2) is 9.37 Å². The van der Waals surface area contributed by atoms with Crippen molar-refractivity contribution in [3.8, 4) is 11.1 Å². The van der Waals surface area contributed by atoms with E-state index in [1.807, 2.05) is 23.6 Å². The molecule has 2 N–H and O–H groups in total. The van der Waals surface area contributed by atoms with E-state index in [0.717, 1.165) is 32.5 Å². The number of aliphatic hydroxyl groups excluding tert-OH is 1. The highest BCUT2D eigenvalue weighted by Gasteiger charge is 2.28. The molecule has 3 aromatic heterocycles. The molecule has 0 saturated carbocycles. The van der Waals surface area contributed by atoms with Crippen molar-refractivity contribution < 1.29 is 9.50 Å². The van der Waals surface area contributed by atoms with Gasteiger partial charge in [-0.15, -0.1) is 11.3 Å². The van der Waals surface area contributed by atoms with Gasteiger partial charge >= 0.3 is 0 Å². The second-order valence-electron chi connectivity index (χ2n) is 12.2. The van der Waals surface area contributed by atoms with E-state index in [-0.39, 0.29) is 18.0 Å². The van der Waals surface area contributed by atoms with Gasteiger partial charge in [-0.1, -0.05) is 6.07 Å². The fraction of sp³-hybridized carbons (Fsp3) is 0.412. The summed E-state index contributed by atoms with van der Waals surface area (Å²) in [6.45, 7) is 2.35. The summed E-state index contributed by atoms with van der Waals surface area (Å²) in [7, 11) is 3.82. The summed E-state index contributed by atoms with van der Waals surface area (Å²) in [5.74, 6) is 0.208. The highest BCUT2D eigenvalue weighted by atomic mass is 32.1. The van der Waals surface area contributed by atoms with Gasteiger partial charge in [0.1, 0.15) is 17.3 Å². The summed E-state index contributed by atoms with van der Waals surface area (Å²) in [5.41, 5.74) is 6.99. The fourth-order valence-corrected chi connectivity index (χ4v) is 8.69.